The summed E-state index contributed by atoms with van der Waals surface area (Å²) in [4.78, 5) is 20.2. The highest BCUT2D eigenvalue weighted by atomic mass is 16.5. The highest BCUT2D eigenvalue weighted by molar-refractivity contribution is 5.96. The first-order valence-corrected chi connectivity index (χ1v) is 11.2. The first kappa shape index (κ1) is 20.8. The third-order valence-corrected chi connectivity index (χ3v) is 7.27. The van der Waals surface area contributed by atoms with Crippen LogP contribution in [-0.4, -0.2) is 89.3 Å². The highest BCUT2D eigenvalue weighted by Crippen LogP contribution is 2.37. The van der Waals surface area contributed by atoms with E-state index >= 15 is 0 Å². The fraction of sp³-hybridized carbons (Fsp3) is 0.818. The van der Waals surface area contributed by atoms with Crippen molar-refractivity contribution >= 4 is 5.91 Å². The summed E-state index contributed by atoms with van der Waals surface area (Å²) in [7, 11) is 0. The number of rotatable bonds is 3. The first-order valence-electron chi connectivity index (χ1n) is 11.2. The largest absolute Gasteiger partial charge is 0.375 e. The lowest BCUT2D eigenvalue weighted by Gasteiger charge is -2.50. The van der Waals surface area contributed by atoms with Crippen LogP contribution in [0.1, 0.15) is 61.3 Å². The lowest BCUT2D eigenvalue weighted by atomic mass is 9.81. The predicted molar refractivity (Wildman–Crippen MR) is 111 cm³/mol. The third-order valence-electron chi connectivity index (χ3n) is 7.27. The van der Waals surface area contributed by atoms with E-state index in [9.17, 15) is 4.79 Å². The quantitative estimate of drug-likeness (QED) is 0.771. The Kier molecular flexibility index (Phi) is 6.00. The zero-order valence-electron chi connectivity index (χ0n) is 18.4. The van der Waals surface area contributed by atoms with E-state index in [1.165, 1.54) is 13.1 Å². The second kappa shape index (κ2) is 8.36. The van der Waals surface area contributed by atoms with Crippen LogP contribution >= 0.6 is 0 Å². The van der Waals surface area contributed by atoms with E-state index in [4.69, 9.17) is 9.26 Å². The maximum absolute atomic E-state index is 12.9. The summed E-state index contributed by atoms with van der Waals surface area (Å²) >= 11 is 0. The average molecular weight is 405 g/mol. The molecule has 3 saturated heterocycles. The molecular weight excluding hydrogens is 368 g/mol. The molecule has 4 rings (SSSR count). The van der Waals surface area contributed by atoms with Gasteiger partial charge < -0.3 is 14.2 Å². The van der Waals surface area contributed by atoms with Gasteiger partial charge in [0, 0.05) is 58.0 Å². The van der Waals surface area contributed by atoms with Crippen LogP contribution in [0.2, 0.25) is 0 Å². The number of amides is 1. The summed E-state index contributed by atoms with van der Waals surface area (Å²) in [6.45, 7) is 15.2. The number of piperazine rings is 1. The van der Waals surface area contributed by atoms with Gasteiger partial charge in [0.15, 0.2) is 0 Å². The van der Waals surface area contributed by atoms with Crippen molar-refractivity contribution in [1.82, 2.24) is 19.9 Å². The molecule has 1 atom stereocenters. The van der Waals surface area contributed by atoms with Crippen molar-refractivity contribution in [2.45, 2.75) is 71.1 Å². The summed E-state index contributed by atoms with van der Waals surface area (Å²) in [6, 6.07) is 1.25. The molecule has 29 heavy (non-hydrogen) atoms. The van der Waals surface area contributed by atoms with Gasteiger partial charge in [-0.05, 0) is 53.4 Å². The highest BCUT2D eigenvalue weighted by Gasteiger charge is 2.43. The topological polar surface area (TPSA) is 62.1 Å². The number of nitrogens with zero attached hydrogens (tertiary/aromatic N) is 4. The lowest BCUT2D eigenvalue weighted by molar-refractivity contribution is -0.132. The minimum Gasteiger partial charge on any atom is -0.375 e. The molecule has 7 heteroatoms. The van der Waals surface area contributed by atoms with Crippen LogP contribution in [0.3, 0.4) is 0 Å². The molecule has 7 nitrogen and oxygen atoms in total. The number of aryl methyl sites for hydroxylation is 2. The van der Waals surface area contributed by atoms with E-state index in [1.54, 1.807) is 0 Å². The first-order chi connectivity index (χ1) is 13.9. The van der Waals surface area contributed by atoms with Crippen molar-refractivity contribution in [3.63, 3.8) is 0 Å². The van der Waals surface area contributed by atoms with Gasteiger partial charge in [-0.15, -0.1) is 0 Å². The van der Waals surface area contributed by atoms with Crippen LogP contribution in [0.4, 0.5) is 0 Å². The number of carbonyl (C=O) groups is 1. The van der Waals surface area contributed by atoms with Gasteiger partial charge in [0.2, 0.25) is 0 Å². The Labute approximate surface area is 174 Å². The van der Waals surface area contributed by atoms with Crippen molar-refractivity contribution in [1.29, 1.82) is 0 Å². The summed E-state index contributed by atoms with van der Waals surface area (Å²) in [5.41, 5.74) is 1.25. The van der Waals surface area contributed by atoms with E-state index in [0.29, 0.717) is 29.1 Å². The molecule has 0 bridgehead atoms. The molecular formula is C22H36N4O3. The number of hydrogen-bond acceptors (Lipinski definition) is 6. The summed E-state index contributed by atoms with van der Waals surface area (Å²) in [5, 5.41) is 3.94. The number of likely N-dealkylation sites (tertiary alicyclic amines) is 1. The van der Waals surface area contributed by atoms with Crippen LogP contribution in [0.15, 0.2) is 4.52 Å². The molecule has 0 N–H and O–H groups in total. The maximum Gasteiger partial charge on any atom is 0.259 e. The Morgan fingerprint density at radius 1 is 1.10 bits per heavy atom. The molecule has 3 aliphatic heterocycles. The molecule has 0 unspecified atom stereocenters. The van der Waals surface area contributed by atoms with Gasteiger partial charge in [0.1, 0.15) is 11.3 Å². The molecule has 0 aliphatic carbocycles. The van der Waals surface area contributed by atoms with Gasteiger partial charge in [-0.3, -0.25) is 14.6 Å². The monoisotopic (exact) mass is 404 g/mol. The smallest absolute Gasteiger partial charge is 0.259 e. The van der Waals surface area contributed by atoms with Crippen LogP contribution in [0.5, 0.6) is 0 Å². The second-order valence-corrected chi connectivity index (χ2v) is 9.34. The van der Waals surface area contributed by atoms with Gasteiger partial charge in [-0.25, -0.2) is 0 Å². The second-order valence-electron chi connectivity index (χ2n) is 9.34. The van der Waals surface area contributed by atoms with Crippen molar-refractivity contribution < 1.29 is 14.1 Å². The SMILES string of the molecule is Cc1noc(C)c1C(=O)N1CCC2(CC1)C[C@H](N1CCN(C(C)C)CC1)CCO2. The number of ether oxygens (including phenoxy) is 1. The van der Waals surface area contributed by atoms with Gasteiger partial charge in [0.05, 0.1) is 11.3 Å². The maximum atomic E-state index is 12.9. The van der Waals surface area contributed by atoms with E-state index in [1.807, 2.05) is 18.7 Å². The molecule has 0 aromatic carbocycles. The van der Waals surface area contributed by atoms with Crippen LogP contribution in [0, 0.1) is 13.8 Å². The summed E-state index contributed by atoms with van der Waals surface area (Å²) < 4.78 is 11.5. The normalized spacial score (nSPS) is 26.4. The van der Waals surface area contributed by atoms with Crippen molar-refractivity contribution in [3.8, 4) is 0 Å². The molecule has 1 spiro atoms. The molecule has 0 saturated carbocycles. The van der Waals surface area contributed by atoms with Crippen molar-refractivity contribution in [2.75, 3.05) is 45.9 Å². The van der Waals surface area contributed by atoms with Gasteiger partial charge in [-0.1, -0.05) is 5.16 Å². The van der Waals surface area contributed by atoms with E-state index < -0.39 is 0 Å². The summed E-state index contributed by atoms with van der Waals surface area (Å²) in [5.74, 6) is 0.663. The number of hydrogen-bond donors (Lipinski definition) is 0. The minimum absolute atomic E-state index is 0.0493. The predicted octanol–water partition coefficient (Wildman–Crippen LogP) is 2.47. The molecule has 162 valence electrons. The fourth-order valence-electron chi connectivity index (χ4n) is 5.34. The summed E-state index contributed by atoms with van der Waals surface area (Å²) in [6.07, 6.45) is 4.07. The van der Waals surface area contributed by atoms with Crippen LogP contribution < -0.4 is 0 Å². The number of carbonyl (C=O) groups excluding carboxylic acids is 1. The Balaban J connectivity index is 1.34. The zero-order valence-corrected chi connectivity index (χ0v) is 18.4. The Bertz CT molecular complexity index is 696. The van der Waals surface area contributed by atoms with Gasteiger partial charge in [-0.2, -0.15) is 0 Å². The van der Waals surface area contributed by atoms with Crippen molar-refractivity contribution in [3.05, 3.63) is 17.0 Å². The zero-order chi connectivity index (χ0) is 20.6. The standard InChI is InChI=1S/C22H36N4O3/c1-16(2)24-10-12-25(13-11-24)19-5-14-28-22(15-19)6-8-26(9-7-22)21(27)20-17(3)23-29-18(20)4/h16,19H,5-15H2,1-4H3/t19-/m1/s1. The molecule has 3 aliphatic rings. The Morgan fingerprint density at radius 2 is 1.79 bits per heavy atom. The Hall–Kier alpha value is -1.44. The lowest BCUT2D eigenvalue weighted by Crippen LogP contribution is -2.58. The van der Waals surface area contributed by atoms with Gasteiger partial charge in [0.25, 0.3) is 5.91 Å². The van der Waals surface area contributed by atoms with Gasteiger partial charge >= 0.3 is 0 Å². The fourth-order valence-corrected chi connectivity index (χ4v) is 5.34. The van der Waals surface area contributed by atoms with Crippen molar-refractivity contribution in [2.24, 2.45) is 0 Å². The third kappa shape index (κ3) is 4.23. The van der Waals surface area contributed by atoms with Crippen LogP contribution in [-0.2, 0) is 4.74 Å². The number of aromatic nitrogens is 1. The molecule has 1 amide bonds. The molecule has 0 radical (unpaired) electrons. The molecule has 3 fully saturated rings. The number of piperidine rings is 1. The molecule has 1 aromatic rings. The molecule has 1 aromatic heterocycles. The average Bonchev–Trinajstić information content (AvgIpc) is 3.06. The Morgan fingerprint density at radius 3 is 2.38 bits per heavy atom. The minimum atomic E-state index is -0.0619. The van der Waals surface area contributed by atoms with E-state index in [-0.39, 0.29) is 11.5 Å². The van der Waals surface area contributed by atoms with E-state index in [2.05, 4.69) is 28.8 Å². The van der Waals surface area contributed by atoms with Crippen LogP contribution in [0.25, 0.3) is 0 Å². The molecule has 4 heterocycles. The van der Waals surface area contributed by atoms with E-state index in [0.717, 1.165) is 58.5 Å².